The molecule has 2 rings (SSSR count). The molecule has 1 amide bonds. The van der Waals surface area contributed by atoms with Gasteiger partial charge in [0.15, 0.2) is 6.10 Å². The number of nitrogens with zero attached hydrogens (tertiary/aromatic N) is 1. The van der Waals surface area contributed by atoms with Gasteiger partial charge in [0.2, 0.25) is 0 Å². The summed E-state index contributed by atoms with van der Waals surface area (Å²) in [4.78, 5) is 13.8. The fraction of sp³-hybridized carbons (Fsp3) is 0.562. The Labute approximate surface area is 131 Å². The highest BCUT2D eigenvalue weighted by Gasteiger charge is 2.30. The molecule has 21 heavy (non-hydrogen) atoms. The molecule has 0 saturated carbocycles. The van der Waals surface area contributed by atoms with Gasteiger partial charge in [-0.1, -0.05) is 31.4 Å². The molecule has 0 aliphatic carbocycles. The normalized spacial score (nSPS) is 17.0. The lowest BCUT2D eigenvalue weighted by Crippen LogP contribution is -2.32. The molecule has 0 bridgehead atoms. The number of benzene rings is 1. The summed E-state index contributed by atoms with van der Waals surface area (Å²) < 4.78 is 0. The number of unbranched alkanes of at least 4 members (excludes halogenated alkanes) is 2. The Kier molecular flexibility index (Phi) is 5.12. The molecule has 0 radical (unpaired) electrons. The van der Waals surface area contributed by atoms with E-state index in [1.54, 1.807) is 6.07 Å². The van der Waals surface area contributed by atoms with E-state index in [1.165, 1.54) is 12.8 Å². The van der Waals surface area contributed by atoms with Crippen LogP contribution in [0.2, 0.25) is 5.02 Å². The summed E-state index contributed by atoms with van der Waals surface area (Å²) in [6.45, 7) is 7.37. The lowest BCUT2D eigenvalue weighted by molar-refractivity contribution is -0.123. The van der Waals surface area contributed by atoms with Crippen molar-refractivity contribution in [2.75, 3.05) is 16.8 Å². The Balaban J connectivity index is 2.30. The number of carbonyl (C=O) groups excluding carboxylic acids is 1. The number of rotatable bonds is 6. The van der Waals surface area contributed by atoms with Crippen molar-refractivity contribution in [3.05, 3.63) is 22.7 Å². The van der Waals surface area contributed by atoms with E-state index in [-0.39, 0.29) is 5.91 Å². The quantitative estimate of drug-likeness (QED) is 0.787. The molecule has 116 valence electrons. The van der Waals surface area contributed by atoms with Crippen molar-refractivity contribution >= 4 is 28.9 Å². The van der Waals surface area contributed by atoms with Crippen molar-refractivity contribution in [2.24, 2.45) is 0 Å². The molecule has 0 saturated heterocycles. The van der Waals surface area contributed by atoms with Crippen molar-refractivity contribution in [3.8, 4) is 0 Å². The zero-order valence-electron chi connectivity index (χ0n) is 12.8. The third-order valence-corrected chi connectivity index (χ3v) is 4.16. The standard InChI is InChI=1S/C16H23ClN2O2/c1-4-5-6-7-19(10(2)3)14-9-13-11(8-12(14)17)15(20)16(21)18-13/h8-10,15,20H,4-7H2,1-3H3,(H,18,21). The van der Waals surface area contributed by atoms with Crippen LogP contribution in [0.25, 0.3) is 0 Å². The van der Waals surface area contributed by atoms with Gasteiger partial charge in [-0.3, -0.25) is 4.79 Å². The van der Waals surface area contributed by atoms with Crippen LogP contribution in [0.5, 0.6) is 0 Å². The fourth-order valence-electron chi connectivity index (χ4n) is 2.66. The molecule has 1 aliphatic heterocycles. The van der Waals surface area contributed by atoms with Gasteiger partial charge in [-0.15, -0.1) is 0 Å². The van der Waals surface area contributed by atoms with Crippen molar-refractivity contribution in [1.82, 2.24) is 0 Å². The molecule has 4 nitrogen and oxygen atoms in total. The maximum atomic E-state index is 11.6. The highest BCUT2D eigenvalue weighted by molar-refractivity contribution is 6.33. The van der Waals surface area contributed by atoms with Gasteiger partial charge in [0, 0.05) is 23.8 Å². The van der Waals surface area contributed by atoms with Crippen molar-refractivity contribution in [2.45, 2.75) is 52.2 Å². The zero-order valence-corrected chi connectivity index (χ0v) is 13.6. The zero-order chi connectivity index (χ0) is 15.6. The van der Waals surface area contributed by atoms with Gasteiger partial charge in [-0.05, 0) is 32.4 Å². The second kappa shape index (κ2) is 6.67. The Bertz CT molecular complexity index is 531. The van der Waals surface area contributed by atoms with E-state index >= 15 is 0 Å². The summed E-state index contributed by atoms with van der Waals surface area (Å²) in [5.74, 6) is -0.389. The smallest absolute Gasteiger partial charge is 0.257 e. The number of amides is 1. The van der Waals surface area contributed by atoms with Gasteiger partial charge < -0.3 is 15.3 Å². The van der Waals surface area contributed by atoms with Gasteiger partial charge in [-0.2, -0.15) is 0 Å². The molecule has 0 fully saturated rings. The maximum Gasteiger partial charge on any atom is 0.257 e. The highest BCUT2D eigenvalue weighted by atomic mass is 35.5. The Morgan fingerprint density at radius 3 is 2.71 bits per heavy atom. The van der Waals surface area contributed by atoms with Crippen molar-refractivity contribution < 1.29 is 9.90 Å². The first-order valence-corrected chi connectivity index (χ1v) is 7.92. The number of halogens is 1. The van der Waals surface area contributed by atoms with E-state index in [1.807, 2.05) is 6.07 Å². The van der Waals surface area contributed by atoms with Crippen molar-refractivity contribution in [1.29, 1.82) is 0 Å². The number of nitrogens with one attached hydrogen (secondary N) is 1. The molecule has 1 aromatic rings. The Hall–Kier alpha value is -1.26. The van der Waals surface area contributed by atoms with Gasteiger partial charge in [0.05, 0.1) is 10.7 Å². The summed E-state index contributed by atoms with van der Waals surface area (Å²) in [7, 11) is 0. The van der Waals surface area contributed by atoms with Gasteiger partial charge in [0.1, 0.15) is 0 Å². The van der Waals surface area contributed by atoms with Crippen LogP contribution in [-0.4, -0.2) is 23.6 Å². The molecule has 1 unspecified atom stereocenters. The molecule has 1 heterocycles. The van der Waals surface area contributed by atoms with E-state index < -0.39 is 6.10 Å². The first kappa shape index (κ1) is 16.1. The first-order chi connectivity index (χ1) is 9.95. The van der Waals surface area contributed by atoms with E-state index in [0.29, 0.717) is 22.3 Å². The first-order valence-electron chi connectivity index (χ1n) is 7.54. The van der Waals surface area contributed by atoms with E-state index in [0.717, 1.165) is 18.7 Å². The molecule has 1 aliphatic rings. The molecule has 0 spiro atoms. The van der Waals surface area contributed by atoms with E-state index in [2.05, 4.69) is 31.0 Å². The summed E-state index contributed by atoms with van der Waals surface area (Å²) in [5.41, 5.74) is 2.13. The molecular weight excluding hydrogens is 288 g/mol. The second-order valence-corrected chi connectivity index (χ2v) is 6.18. The van der Waals surface area contributed by atoms with Crippen LogP contribution >= 0.6 is 11.6 Å². The summed E-state index contributed by atoms with van der Waals surface area (Å²) in [5, 5.41) is 13.1. The predicted octanol–water partition coefficient (Wildman–Crippen LogP) is 3.73. The van der Waals surface area contributed by atoms with Gasteiger partial charge >= 0.3 is 0 Å². The van der Waals surface area contributed by atoms with Crippen LogP contribution in [-0.2, 0) is 4.79 Å². The second-order valence-electron chi connectivity index (χ2n) is 5.78. The summed E-state index contributed by atoms with van der Waals surface area (Å²) in [6.07, 6.45) is 2.35. The summed E-state index contributed by atoms with van der Waals surface area (Å²) >= 11 is 6.38. The number of hydrogen-bond donors (Lipinski definition) is 2. The Morgan fingerprint density at radius 2 is 2.10 bits per heavy atom. The lowest BCUT2D eigenvalue weighted by Gasteiger charge is -2.30. The molecule has 1 aromatic carbocycles. The predicted molar refractivity (Wildman–Crippen MR) is 87.0 cm³/mol. The van der Waals surface area contributed by atoms with Gasteiger partial charge in [0.25, 0.3) is 5.91 Å². The minimum Gasteiger partial charge on any atom is -0.378 e. The number of aliphatic hydroxyl groups is 1. The minimum absolute atomic E-state index is 0.319. The molecule has 1 atom stereocenters. The van der Waals surface area contributed by atoms with Crippen LogP contribution in [0.1, 0.15) is 51.7 Å². The number of anilines is 2. The van der Waals surface area contributed by atoms with E-state index in [4.69, 9.17) is 11.6 Å². The number of carbonyl (C=O) groups is 1. The highest BCUT2D eigenvalue weighted by Crippen LogP contribution is 2.39. The third kappa shape index (κ3) is 3.33. The molecule has 5 heteroatoms. The monoisotopic (exact) mass is 310 g/mol. The van der Waals surface area contributed by atoms with Gasteiger partial charge in [-0.25, -0.2) is 0 Å². The maximum absolute atomic E-state index is 11.6. The van der Waals surface area contributed by atoms with Crippen LogP contribution in [0.3, 0.4) is 0 Å². The van der Waals surface area contributed by atoms with Crippen LogP contribution in [0, 0.1) is 0 Å². The number of hydrogen-bond acceptors (Lipinski definition) is 3. The van der Waals surface area contributed by atoms with Crippen LogP contribution in [0.15, 0.2) is 12.1 Å². The fourth-order valence-corrected chi connectivity index (χ4v) is 2.94. The molecular formula is C16H23ClN2O2. The average Bonchev–Trinajstić information content (AvgIpc) is 2.70. The SMILES string of the molecule is CCCCCN(c1cc2c(cc1Cl)C(O)C(=O)N2)C(C)C. The minimum atomic E-state index is -1.11. The molecule has 0 aromatic heterocycles. The largest absolute Gasteiger partial charge is 0.378 e. The molecule has 2 N–H and O–H groups in total. The van der Waals surface area contributed by atoms with Crippen molar-refractivity contribution in [3.63, 3.8) is 0 Å². The van der Waals surface area contributed by atoms with Crippen LogP contribution < -0.4 is 10.2 Å². The summed E-state index contributed by atoms with van der Waals surface area (Å²) in [6, 6.07) is 3.89. The van der Waals surface area contributed by atoms with Crippen LogP contribution in [0.4, 0.5) is 11.4 Å². The Morgan fingerprint density at radius 1 is 1.38 bits per heavy atom. The van der Waals surface area contributed by atoms with E-state index in [9.17, 15) is 9.90 Å². The number of fused-ring (bicyclic) bond motifs is 1. The lowest BCUT2D eigenvalue weighted by atomic mass is 10.1. The third-order valence-electron chi connectivity index (χ3n) is 3.86. The average molecular weight is 311 g/mol. The topological polar surface area (TPSA) is 52.6 Å². The number of aliphatic hydroxyl groups excluding tert-OH is 1.